The quantitative estimate of drug-likeness (QED) is 0.600. The fraction of sp³-hybridized carbons (Fsp3) is 0. The van der Waals surface area contributed by atoms with Crippen LogP contribution in [0.3, 0.4) is 0 Å². The van der Waals surface area contributed by atoms with Crippen LogP contribution in [0.2, 0.25) is 0 Å². The van der Waals surface area contributed by atoms with E-state index < -0.39 is 0 Å². The first kappa shape index (κ1) is 12.1. The van der Waals surface area contributed by atoms with Crippen molar-refractivity contribution < 1.29 is 35.2 Å². The third-order valence-electron chi connectivity index (χ3n) is 0.830. The second-order valence-corrected chi connectivity index (χ2v) is 1.52. The van der Waals surface area contributed by atoms with Gasteiger partial charge in [0.2, 0.25) is 0 Å². The SMILES string of the molecule is Oc1cccc(O)c1.[O-2].[Zn+2]. The molecule has 0 unspecified atom stereocenters. The van der Waals surface area contributed by atoms with E-state index in [1.807, 2.05) is 0 Å². The van der Waals surface area contributed by atoms with Crippen molar-refractivity contribution in [3.05, 3.63) is 24.3 Å². The summed E-state index contributed by atoms with van der Waals surface area (Å²) < 4.78 is 0. The minimum atomic E-state index is 0. The van der Waals surface area contributed by atoms with Gasteiger partial charge < -0.3 is 15.7 Å². The number of aromatic hydroxyl groups is 2. The van der Waals surface area contributed by atoms with E-state index in [1.165, 1.54) is 18.2 Å². The average Bonchev–Trinajstić information content (AvgIpc) is 1.64. The summed E-state index contributed by atoms with van der Waals surface area (Å²) >= 11 is 0. The normalized spacial score (nSPS) is 7.20. The zero-order valence-electron chi connectivity index (χ0n) is 5.32. The summed E-state index contributed by atoms with van der Waals surface area (Å²) in [5.74, 6) is 0.176. The molecule has 0 aliphatic heterocycles. The van der Waals surface area contributed by atoms with Crippen LogP contribution in [0.15, 0.2) is 24.3 Å². The van der Waals surface area contributed by atoms with Crippen molar-refractivity contribution in [2.45, 2.75) is 0 Å². The summed E-state index contributed by atoms with van der Waals surface area (Å²) in [7, 11) is 0. The van der Waals surface area contributed by atoms with Crippen LogP contribution in [0.25, 0.3) is 0 Å². The molecule has 10 heavy (non-hydrogen) atoms. The molecule has 0 heterocycles. The van der Waals surface area contributed by atoms with Crippen molar-refractivity contribution in [2.24, 2.45) is 0 Å². The van der Waals surface area contributed by atoms with Gasteiger partial charge in [-0.2, -0.15) is 0 Å². The molecule has 3 nitrogen and oxygen atoms in total. The van der Waals surface area contributed by atoms with Crippen LogP contribution < -0.4 is 0 Å². The van der Waals surface area contributed by atoms with Gasteiger partial charge in [0.1, 0.15) is 11.5 Å². The van der Waals surface area contributed by atoms with E-state index in [-0.39, 0.29) is 36.5 Å². The van der Waals surface area contributed by atoms with Crippen LogP contribution in [0.5, 0.6) is 11.5 Å². The molecule has 0 amide bonds. The van der Waals surface area contributed by atoms with Crippen LogP contribution >= 0.6 is 0 Å². The molecule has 50 valence electrons. The van der Waals surface area contributed by atoms with Crippen molar-refractivity contribution in [1.82, 2.24) is 0 Å². The second-order valence-electron chi connectivity index (χ2n) is 1.52. The Morgan fingerprint density at radius 3 is 1.60 bits per heavy atom. The van der Waals surface area contributed by atoms with Crippen LogP contribution in [0, 0.1) is 0 Å². The molecule has 0 aliphatic carbocycles. The fourth-order valence-electron chi connectivity index (χ4n) is 0.493. The first-order valence-electron chi connectivity index (χ1n) is 2.27. The third kappa shape index (κ3) is 3.43. The van der Waals surface area contributed by atoms with E-state index in [2.05, 4.69) is 0 Å². The molecule has 0 spiro atoms. The number of hydrogen-bond acceptors (Lipinski definition) is 2. The molecule has 1 aromatic rings. The Hall–Kier alpha value is -0.597. The molecule has 0 aliphatic rings. The summed E-state index contributed by atoms with van der Waals surface area (Å²) in [6.07, 6.45) is 0. The molecule has 0 aromatic heterocycles. The predicted molar refractivity (Wildman–Crippen MR) is 30.5 cm³/mol. The molecule has 0 fully saturated rings. The molecule has 0 bridgehead atoms. The van der Waals surface area contributed by atoms with E-state index in [9.17, 15) is 0 Å². The average molecular weight is 192 g/mol. The van der Waals surface area contributed by atoms with Gasteiger partial charge in [0.15, 0.2) is 0 Å². The molecule has 1 rings (SSSR count). The van der Waals surface area contributed by atoms with Gasteiger partial charge >= 0.3 is 19.5 Å². The van der Waals surface area contributed by atoms with E-state index in [0.717, 1.165) is 0 Å². The number of phenols is 2. The van der Waals surface area contributed by atoms with Crippen molar-refractivity contribution in [1.29, 1.82) is 0 Å². The number of phenolic OH excluding ortho intramolecular Hbond substituents is 2. The fourth-order valence-corrected chi connectivity index (χ4v) is 0.493. The Bertz CT molecular complexity index is 173. The summed E-state index contributed by atoms with van der Waals surface area (Å²) in [6.45, 7) is 0. The Kier molecular flexibility index (Phi) is 6.31. The minimum Gasteiger partial charge on any atom is -2.00 e. The predicted octanol–water partition coefficient (Wildman–Crippen LogP) is 0.976. The number of benzene rings is 1. The molecule has 1 aromatic carbocycles. The minimum absolute atomic E-state index is 0. The third-order valence-corrected chi connectivity index (χ3v) is 0.830. The van der Waals surface area contributed by atoms with Crippen molar-refractivity contribution in [3.63, 3.8) is 0 Å². The standard InChI is InChI=1S/C6H6O2.O.Zn/c7-5-2-1-3-6(8)4-5;;/h1-4,7-8H;;/q;-2;+2. The van der Waals surface area contributed by atoms with Crippen LogP contribution in [-0.2, 0) is 25.0 Å². The number of rotatable bonds is 0. The van der Waals surface area contributed by atoms with Crippen LogP contribution in [0.1, 0.15) is 0 Å². The maximum absolute atomic E-state index is 8.65. The van der Waals surface area contributed by atoms with Crippen LogP contribution in [-0.4, -0.2) is 10.2 Å². The Balaban J connectivity index is 0. The van der Waals surface area contributed by atoms with Gasteiger partial charge in [-0.15, -0.1) is 0 Å². The Labute approximate surface area is 71.4 Å². The topological polar surface area (TPSA) is 69.0 Å². The molecule has 0 atom stereocenters. The summed E-state index contributed by atoms with van der Waals surface area (Å²) in [5.41, 5.74) is 0. The zero-order valence-corrected chi connectivity index (χ0v) is 8.29. The molecule has 0 saturated carbocycles. The van der Waals surface area contributed by atoms with Gasteiger partial charge in [-0.3, -0.25) is 0 Å². The van der Waals surface area contributed by atoms with Gasteiger partial charge in [0, 0.05) is 6.07 Å². The summed E-state index contributed by atoms with van der Waals surface area (Å²) in [4.78, 5) is 0. The largest absolute Gasteiger partial charge is 2.00 e. The van der Waals surface area contributed by atoms with E-state index in [0.29, 0.717) is 0 Å². The first-order valence-corrected chi connectivity index (χ1v) is 2.27. The monoisotopic (exact) mass is 190 g/mol. The van der Waals surface area contributed by atoms with E-state index in [1.54, 1.807) is 6.07 Å². The zero-order chi connectivity index (χ0) is 5.98. The molecule has 2 N–H and O–H groups in total. The van der Waals surface area contributed by atoms with Gasteiger partial charge in [-0.05, 0) is 12.1 Å². The molecular formula is C6H6O3Zn. The van der Waals surface area contributed by atoms with Crippen molar-refractivity contribution in [2.75, 3.05) is 0 Å². The van der Waals surface area contributed by atoms with Crippen molar-refractivity contribution in [3.8, 4) is 11.5 Å². The Morgan fingerprint density at radius 2 is 1.40 bits per heavy atom. The molecule has 0 saturated heterocycles. The summed E-state index contributed by atoms with van der Waals surface area (Å²) in [6, 6.07) is 5.85. The van der Waals surface area contributed by atoms with Gasteiger partial charge in [0.05, 0.1) is 0 Å². The first-order chi connectivity index (χ1) is 3.79. The van der Waals surface area contributed by atoms with Crippen molar-refractivity contribution >= 4 is 0 Å². The van der Waals surface area contributed by atoms with Gasteiger partial charge in [-0.25, -0.2) is 0 Å². The maximum atomic E-state index is 8.65. The van der Waals surface area contributed by atoms with Gasteiger partial charge in [0.25, 0.3) is 0 Å². The van der Waals surface area contributed by atoms with Gasteiger partial charge in [-0.1, -0.05) is 6.07 Å². The molecular weight excluding hydrogens is 185 g/mol. The maximum Gasteiger partial charge on any atom is 2.00 e. The smallest absolute Gasteiger partial charge is 2.00 e. The molecule has 0 radical (unpaired) electrons. The molecule has 4 heteroatoms. The summed E-state index contributed by atoms with van der Waals surface area (Å²) in [5, 5.41) is 17.3. The van der Waals surface area contributed by atoms with Crippen LogP contribution in [0.4, 0.5) is 0 Å². The van der Waals surface area contributed by atoms with E-state index >= 15 is 0 Å². The van der Waals surface area contributed by atoms with E-state index in [4.69, 9.17) is 10.2 Å². The second kappa shape index (κ2) is 5.21. The number of hydrogen-bond donors (Lipinski definition) is 2. The Morgan fingerprint density at radius 1 is 1.00 bits per heavy atom.